The first kappa shape index (κ1) is 20.0. The highest BCUT2D eigenvalue weighted by molar-refractivity contribution is 7.13. The molecule has 3 aromatic rings. The van der Waals surface area contributed by atoms with Crippen LogP contribution < -0.4 is 5.32 Å². The minimum atomic E-state index is -0.921. The molecule has 0 bridgehead atoms. The Hall–Kier alpha value is -2.71. The van der Waals surface area contributed by atoms with Gasteiger partial charge in [0.2, 0.25) is 0 Å². The van der Waals surface area contributed by atoms with Crippen LogP contribution in [0.15, 0.2) is 40.2 Å². The molecule has 2 aromatic heterocycles. The van der Waals surface area contributed by atoms with E-state index >= 15 is 0 Å². The molecule has 1 atom stereocenters. The van der Waals surface area contributed by atoms with Crippen molar-refractivity contribution in [1.82, 2.24) is 10.1 Å². The lowest BCUT2D eigenvalue weighted by Crippen LogP contribution is -2.32. The lowest BCUT2D eigenvalue weighted by atomic mass is 10.2. The van der Waals surface area contributed by atoms with Crippen LogP contribution in [0.2, 0.25) is 5.02 Å². The predicted octanol–water partition coefficient (Wildman–Crippen LogP) is 4.26. The highest BCUT2D eigenvalue weighted by atomic mass is 35.5. The van der Waals surface area contributed by atoms with E-state index in [-0.39, 0.29) is 12.2 Å². The first-order chi connectivity index (χ1) is 13.4. The van der Waals surface area contributed by atoms with Gasteiger partial charge in [-0.1, -0.05) is 35.8 Å². The third-order valence-corrected chi connectivity index (χ3v) is 4.94. The van der Waals surface area contributed by atoms with Crippen LogP contribution in [-0.4, -0.2) is 28.1 Å². The van der Waals surface area contributed by atoms with Crippen molar-refractivity contribution in [3.8, 4) is 10.6 Å². The second-order valence-corrected chi connectivity index (χ2v) is 7.32. The van der Waals surface area contributed by atoms with E-state index in [0.717, 1.165) is 10.6 Å². The second-order valence-electron chi connectivity index (χ2n) is 6.03. The van der Waals surface area contributed by atoms with Crippen molar-refractivity contribution in [2.24, 2.45) is 0 Å². The van der Waals surface area contributed by atoms with Gasteiger partial charge in [-0.05, 0) is 25.5 Å². The normalized spacial score (nSPS) is 11.8. The highest BCUT2D eigenvalue weighted by Crippen LogP contribution is 2.26. The number of amides is 1. The van der Waals surface area contributed by atoms with Gasteiger partial charge in [0.1, 0.15) is 10.8 Å². The third kappa shape index (κ3) is 5.17. The van der Waals surface area contributed by atoms with Crippen molar-refractivity contribution >= 4 is 40.6 Å². The number of aryl methyl sites for hydroxylation is 1. The molecule has 0 saturated carbocycles. The fourth-order valence-corrected chi connectivity index (χ4v) is 3.45. The van der Waals surface area contributed by atoms with E-state index in [9.17, 15) is 9.59 Å². The average Bonchev–Trinajstić information content (AvgIpc) is 3.28. The zero-order valence-electron chi connectivity index (χ0n) is 15.3. The molecule has 0 saturated heterocycles. The van der Waals surface area contributed by atoms with E-state index < -0.39 is 18.0 Å². The molecule has 0 aliphatic carbocycles. The summed E-state index contributed by atoms with van der Waals surface area (Å²) in [6, 6.07) is 8.92. The van der Waals surface area contributed by atoms with Gasteiger partial charge in [-0.3, -0.25) is 9.59 Å². The number of hydrogen-bond acceptors (Lipinski definition) is 7. The van der Waals surface area contributed by atoms with Gasteiger partial charge < -0.3 is 14.6 Å². The van der Waals surface area contributed by atoms with Gasteiger partial charge in [0, 0.05) is 22.0 Å². The fraction of sp³-hybridized carbons (Fsp3) is 0.263. The summed E-state index contributed by atoms with van der Waals surface area (Å²) < 4.78 is 10.2. The summed E-state index contributed by atoms with van der Waals surface area (Å²) in [5.74, 6) is -0.134. The molecule has 3 rings (SSSR count). The molecule has 0 spiro atoms. The first-order valence-corrected chi connectivity index (χ1v) is 9.84. The Morgan fingerprint density at radius 1 is 1.36 bits per heavy atom. The van der Waals surface area contributed by atoms with Gasteiger partial charge in [-0.2, -0.15) is 0 Å². The molecule has 0 aliphatic rings. The number of carbonyl (C=O) groups is 2. The molecule has 2 heterocycles. The molecule has 9 heteroatoms. The number of carbonyl (C=O) groups excluding carboxylic acids is 2. The van der Waals surface area contributed by atoms with Crippen molar-refractivity contribution in [3.63, 3.8) is 0 Å². The Balaban J connectivity index is 1.58. The number of aromatic nitrogens is 2. The number of halogens is 1. The number of hydrogen-bond donors (Lipinski definition) is 1. The molecule has 28 heavy (non-hydrogen) atoms. The molecule has 1 N–H and O–H groups in total. The highest BCUT2D eigenvalue weighted by Gasteiger charge is 2.23. The van der Waals surface area contributed by atoms with Crippen LogP contribution >= 0.6 is 22.9 Å². The van der Waals surface area contributed by atoms with Crippen molar-refractivity contribution in [3.05, 3.63) is 52.2 Å². The molecular formula is C19H18ClN3O4S. The summed E-state index contributed by atoms with van der Waals surface area (Å²) in [6.45, 7) is 3.47. The van der Waals surface area contributed by atoms with E-state index in [1.807, 2.05) is 18.2 Å². The number of esters is 1. The lowest BCUT2D eigenvalue weighted by molar-refractivity contribution is -0.153. The van der Waals surface area contributed by atoms with Crippen LogP contribution in [0.3, 0.4) is 0 Å². The van der Waals surface area contributed by atoms with Gasteiger partial charge in [-0.15, -0.1) is 11.3 Å². The van der Waals surface area contributed by atoms with Crippen LogP contribution in [0.1, 0.15) is 24.8 Å². The monoisotopic (exact) mass is 419 g/mol. The van der Waals surface area contributed by atoms with Gasteiger partial charge in [-0.25, -0.2) is 4.98 Å². The maximum absolute atomic E-state index is 12.3. The van der Waals surface area contributed by atoms with Gasteiger partial charge >= 0.3 is 5.97 Å². The van der Waals surface area contributed by atoms with Crippen molar-refractivity contribution in [1.29, 1.82) is 0 Å². The topological polar surface area (TPSA) is 94.3 Å². The summed E-state index contributed by atoms with van der Waals surface area (Å²) in [4.78, 5) is 29.0. The van der Waals surface area contributed by atoms with Crippen molar-refractivity contribution < 1.29 is 18.8 Å². The number of benzene rings is 1. The molecule has 0 fully saturated rings. The average molecular weight is 420 g/mol. The predicted molar refractivity (Wildman–Crippen MR) is 106 cm³/mol. The Morgan fingerprint density at radius 2 is 2.18 bits per heavy atom. The number of ether oxygens (including phenoxy) is 1. The molecule has 146 valence electrons. The van der Waals surface area contributed by atoms with Gasteiger partial charge in [0.05, 0.1) is 12.1 Å². The van der Waals surface area contributed by atoms with E-state index in [2.05, 4.69) is 15.5 Å². The molecule has 1 amide bonds. The number of thiazole rings is 1. The van der Waals surface area contributed by atoms with E-state index in [4.69, 9.17) is 20.9 Å². The Kier molecular flexibility index (Phi) is 6.43. The summed E-state index contributed by atoms with van der Waals surface area (Å²) in [6.07, 6.45) is -0.612. The van der Waals surface area contributed by atoms with Crippen LogP contribution in [0.5, 0.6) is 0 Å². The maximum Gasteiger partial charge on any atom is 0.312 e. The number of rotatable bonds is 7. The van der Waals surface area contributed by atoms with Crippen molar-refractivity contribution in [2.45, 2.75) is 32.8 Å². The van der Waals surface area contributed by atoms with Crippen LogP contribution in [0.4, 0.5) is 5.82 Å². The van der Waals surface area contributed by atoms with Crippen LogP contribution in [-0.2, 0) is 20.7 Å². The van der Waals surface area contributed by atoms with E-state index in [1.165, 1.54) is 11.3 Å². The molecule has 1 aromatic carbocycles. The zero-order chi connectivity index (χ0) is 20.1. The summed E-state index contributed by atoms with van der Waals surface area (Å²) in [5, 5.41) is 9.43. The maximum atomic E-state index is 12.3. The smallest absolute Gasteiger partial charge is 0.312 e. The summed E-state index contributed by atoms with van der Waals surface area (Å²) in [7, 11) is 0. The van der Waals surface area contributed by atoms with Crippen molar-refractivity contribution in [2.75, 3.05) is 5.32 Å². The van der Waals surface area contributed by atoms with E-state index in [1.54, 1.807) is 31.4 Å². The van der Waals surface area contributed by atoms with Crippen LogP contribution in [0.25, 0.3) is 10.6 Å². The minimum absolute atomic E-state index is 0.0239. The molecule has 7 nitrogen and oxygen atoms in total. The zero-order valence-corrected chi connectivity index (χ0v) is 16.8. The lowest BCUT2D eigenvalue weighted by Gasteiger charge is -2.14. The van der Waals surface area contributed by atoms with E-state index in [0.29, 0.717) is 22.9 Å². The Morgan fingerprint density at radius 3 is 2.86 bits per heavy atom. The van der Waals surface area contributed by atoms with Crippen LogP contribution in [0, 0.1) is 6.92 Å². The molecular weight excluding hydrogens is 402 g/mol. The SMILES string of the molecule is CCC(OC(=O)Cc1csc(-c2cccc(Cl)c2)n1)C(=O)Nc1cc(C)on1. The minimum Gasteiger partial charge on any atom is -0.452 e. The molecule has 0 radical (unpaired) electrons. The van der Waals surface area contributed by atoms with Gasteiger partial charge in [0.25, 0.3) is 5.91 Å². The summed E-state index contributed by atoms with van der Waals surface area (Å²) in [5.41, 5.74) is 1.46. The summed E-state index contributed by atoms with van der Waals surface area (Å²) >= 11 is 7.42. The molecule has 0 aliphatic heterocycles. The van der Waals surface area contributed by atoms with Gasteiger partial charge in [0.15, 0.2) is 11.9 Å². The number of anilines is 1. The fourth-order valence-electron chi connectivity index (χ4n) is 2.44. The largest absolute Gasteiger partial charge is 0.452 e. The number of nitrogens with one attached hydrogen (secondary N) is 1. The first-order valence-electron chi connectivity index (χ1n) is 8.58. The Labute approximate surface area is 170 Å². The quantitative estimate of drug-likeness (QED) is 0.575. The third-order valence-electron chi connectivity index (χ3n) is 3.76. The standard InChI is InChI=1S/C19H18ClN3O4S/c1-3-15(18(25)22-16-7-11(2)27-23-16)26-17(24)9-14-10-28-19(21-14)12-5-4-6-13(20)8-12/h4-8,10,15H,3,9H2,1-2H3,(H,22,23,25). The molecule has 1 unspecified atom stereocenters. The number of nitrogens with zero attached hydrogens (tertiary/aromatic N) is 2. The second kappa shape index (κ2) is 8.99. The Bertz CT molecular complexity index is 985.